The van der Waals surface area contributed by atoms with Gasteiger partial charge in [0.1, 0.15) is 11.6 Å². The van der Waals surface area contributed by atoms with Gasteiger partial charge in [0, 0.05) is 24.5 Å². The van der Waals surface area contributed by atoms with Gasteiger partial charge < -0.3 is 10.4 Å². The van der Waals surface area contributed by atoms with E-state index in [9.17, 15) is 5.11 Å². The van der Waals surface area contributed by atoms with Crippen molar-refractivity contribution in [2.24, 2.45) is 0 Å². The van der Waals surface area contributed by atoms with Crippen LogP contribution in [-0.4, -0.2) is 20.1 Å². The van der Waals surface area contributed by atoms with E-state index in [0.29, 0.717) is 12.4 Å². The lowest BCUT2D eigenvalue weighted by Crippen LogP contribution is -2.02. The van der Waals surface area contributed by atoms with Crippen LogP contribution in [-0.2, 0) is 6.54 Å². The number of phenols is 1. The highest BCUT2D eigenvalue weighted by atomic mass is 16.3. The molecule has 0 spiro atoms. The van der Waals surface area contributed by atoms with Crippen molar-refractivity contribution in [2.75, 3.05) is 5.32 Å². The van der Waals surface area contributed by atoms with Crippen LogP contribution >= 0.6 is 0 Å². The summed E-state index contributed by atoms with van der Waals surface area (Å²) < 4.78 is 0. The first-order chi connectivity index (χ1) is 10.3. The topological polar surface area (TPSA) is 70.9 Å². The average molecular weight is 278 g/mol. The third-order valence-corrected chi connectivity index (χ3v) is 2.99. The van der Waals surface area contributed by atoms with Crippen LogP contribution in [0.5, 0.6) is 5.75 Å². The Bertz CT molecular complexity index is 714. The largest absolute Gasteiger partial charge is 0.508 e. The van der Waals surface area contributed by atoms with Crippen molar-refractivity contribution in [1.82, 2.24) is 15.0 Å². The van der Waals surface area contributed by atoms with E-state index in [-0.39, 0.29) is 5.75 Å². The van der Waals surface area contributed by atoms with Crippen molar-refractivity contribution in [2.45, 2.75) is 6.54 Å². The van der Waals surface area contributed by atoms with E-state index in [2.05, 4.69) is 20.3 Å². The standard InChI is InChI=1S/C16H14N4O/c21-14-5-3-13(4-6-14)15-10-18-11-16(20-15)19-9-12-2-1-7-17-8-12/h1-8,10-11,21H,9H2,(H,19,20). The molecule has 0 atom stereocenters. The maximum absolute atomic E-state index is 9.31. The summed E-state index contributed by atoms with van der Waals surface area (Å²) in [5.41, 5.74) is 2.74. The Morgan fingerprint density at radius 2 is 1.81 bits per heavy atom. The minimum absolute atomic E-state index is 0.234. The van der Waals surface area contributed by atoms with Crippen molar-refractivity contribution >= 4 is 5.82 Å². The summed E-state index contributed by atoms with van der Waals surface area (Å²) in [5.74, 6) is 0.932. The van der Waals surface area contributed by atoms with Gasteiger partial charge in [0.05, 0.1) is 18.1 Å². The maximum atomic E-state index is 9.31. The van der Waals surface area contributed by atoms with Crippen molar-refractivity contribution in [1.29, 1.82) is 0 Å². The number of anilines is 1. The molecule has 0 aliphatic rings. The molecule has 2 aromatic heterocycles. The molecule has 0 amide bonds. The Balaban J connectivity index is 1.75. The van der Waals surface area contributed by atoms with Crippen molar-refractivity contribution in [3.05, 3.63) is 66.7 Å². The summed E-state index contributed by atoms with van der Waals surface area (Å²) in [7, 11) is 0. The fourth-order valence-electron chi connectivity index (χ4n) is 1.92. The van der Waals surface area contributed by atoms with Crippen LogP contribution in [0.2, 0.25) is 0 Å². The molecule has 0 fully saturated rings. The number of nitrogens with one attached hydrogen (secondary N) is 1. The molecule has 0 aliphatic heterocycles. The Morgan fingerprint density at radius 3 is 2.57 bits per heavy atom. The summed E-state index contributed by atoms with van der Waals surface area (Å²) in [6.45, 7) is 0.640. The molecule has 3 rings (SSSR count). The number of nitrogens with zero attached hydrogens (tertiary/aromatic N) is 3. The number of pyridine rings is 1. The second-order valence-electron chi connectivity index (χ2n) is 4.55. The molecule has 3 aromatic rings. The highest BCUT2D eigenvalue weighted by Gasteiger charge is 2.02. The van der Waals surface area contributed by atoms with Gasteiger partial charge in [0.2, 0.25) is 0 Å². The predicted octanol–water partition coefficient (Wildman–Crippen LogP) is 2.86. The second kappa shape index (κ2) is 6.00. The lowest BCUT2D eigenvalue weighted by Gasteiger charge is -2.07. The monoisotopic (exact) mass is 278 g/mol. The fraction of sp³-hybridized carbons (Fsp3) is 0.0625. The highest BCUT2D eigenvalue weighted by molar-refractivity contribution is 5.60. The third kappa shape index (κ3) is 3.33. The first-order valence-corrected chi connectivity index (χ1v) is 6.55. The minimum Gasteiger partial charge on any atom is -0.508 e. The molecule has 0 bridgehead atoms. The van der Waals surface area contributed by atoms with Crippen LogP contribution in [0.3, 0.4) is 0 Å². The fourth-order valence-corrected chi connectivity index (χ4v) is 1.92. The summed E-state index contributed by atoms with van der Waals surface area (Å²) in [5, 5.41) is 12.5. The van der Waals surface area contributed by atoms with Gasteiger partial charge in [0.25, 0.3) is 0 Å². The van der Waals surface area contributed by atoms with E-state index in [1.54, 1.807) is 30.7 Å². The molecule has 0 radical (unpaired) electrons. The number of rotatable bonds is 4. The summed E-state index contributed by atoms with van der Waals surface area (Å²) in [6, 6.07) is 10.8. The minimum atomic E-state index is 0.234. The van der Waals surface area contributed by atoms with Crippen LogP contribution in [0, 0.1) is 0 Å². The van der Waals surface area contributed by atoms with Gasteiger partial charge >= 0.3 is 0 Å². The Kier molecular flexibility index (Phi) is 3.73. The smallest absolute Gasteiger partial charge is 0.145 e. The number of aromatic hydroxyl groups is 1. The summed E-state index contributed by atoms with van der Waals surface area (Å²) >= 11 is 0. The number of phenolic OH excluding ortho intramolecular Hbond substituents is 1. The third-order valence-electron chi connectivity index (χ3n) is 2.99. The van der Waals surface area contributed by atoms with Crippen LogP contribution < -0.4 is 5.32 Å². The van der Waals surface area contributed by atoms with Gasteiger partial charge in [-0.05, 0) is 35.9 Å². The Morgan fingerprint density at radius 1 is 0.952 bits per heavy atom. The van der Waals surface area contributed by atoms with Crippen molar-refractivity contribution in [3.63, 3.8) is 0 Å². The molecular weight excluding hydrogens is 264 g/mol. The zero-order valence-electron chi connectivity index (χ0n) is 11.3. The zero-order valence-corrected chi connectivity index (χ0v) is 11.3. The molecule has 104 valence electrons. The summed E-state index contributed by atoms with van der Waals surface area (Å²) in [4.78, 5) is 12.8. The first-order valence-electron chi connectivity index (χ1n) is 6.55. The molecule has 5 heteroatoms. The van der Waals surface area contributed by atoms with E-state index in [4.69, 9.17) is 0 Å². The molecule has 2 N–H and O–H groups in total. The van der Waals surface area contributed by atoms with Crippen LogP contribution in [0.4, 0.5) is 5.82 Å². The van der Waals surface area contributed by atoms with Gasteiger partial charge in [-0.3, -0.25) is 9.97 Å². The van der Waals surface area contributed by atoms with Crippen molar-refractivity contribution in [3.8, 4) is 17.0 Å². The molecule has 2 heterocycles. The first kappa shape index (κ1) is 13.1. The van der Waals surface area contributed by atoms with Gasteiger partial charge in [-0.2, -0.15) is 0 Å². The Labute approximate surface area is 122 Å². The SMILES string of the molecule is Oc1ccc(-c2cncc(NCc3cccnc3)n2)cc1. The number of aromatic nitrogens is 3. The highest BCUT2D eigenvalue weighted by Crippen LogP contribution is 2.20. The predicted molar refractivity (Wildman–Crippen MR) is 80.7 cm³/mol. The molecule has 0 saturated carbocycles. The number of hydrogen-bond donors (Lipinski definition) is 2. The van der Waals surface area contributed by atoms with E-state index < -0.39 is 0 Å². The molecule has 1 aromatic carbocycles. The lowest BCUT2D eigenvalue weighted by atomic mass is 10.1. The maximum Gasteiger partial charge on any atom is 0.145 e. The Hall–Kier alpha value is -2.95. The zero-order chi connectivity index (χ0) is 14.5. The quantitative estimate of drug-likeness (QED) is 0.768. The molecule has 5 nitrogen and oxygen atoms in total. The van der Waals surface area contributed by atoms with Gasteiger partial charge in [-0.1, -0.05) is 6.07 Å². The molecule has 0 saturated heterocycles. The van der Waals surface area contributed by atoms with Gasteiger partial charge in [-0.25, -0.2) is 4.98 Å². The molecule has 0 aliphatic carbocycles. The second-order valence-corrected chi connectivity index (χ2v) is 4.55. The summed E-state index contributed by atoms with van der Waals surface area (Å²) in [6.07, 6.45) is 6.93. The van der Waals surface area contributed by atoms with Crippen LogP contribution in [0.15, 0.2) is 61.2 Å². The normalized spacial score (nSPS) is 10.3. The van der Waals surface area contributed by atoms with E-state index in [1.807, 2.05) is 30.5 Å². The number of benzene rings is 1. The lowest BCUT2D eigenvalue weighted by molar-refractivity contribution is 0.475. The number of hydrogen-bond acceptors (Lipinski definition) is 5. The van der Waals surface area contributed by atoms with E-state index in [1.165, 1.54) is 0 Å². The van der Waals surface area contributed by atoms with E-state index >= 15 is 0 Å². The van der Waals surface area contributed by atoms with Gasteiger partial charge in [0.15, 0.2) is 0 Å². The van der Waals surface area contributed by atoms with Crippen molar-refractivity contribution < 1.29 is 5.11 Å². The average Bonchev–Trinajstić information content (AvgIpc) is 2.55. The van der Waals surface area contributed by atoms with Crippen LogP contribution in [0.1, 0.15) is 5.56 Å². The molecular formula is C16H14N4O. The van der Waals surface area contributed by atoms with Gasteiger partial charge in [-0.15, -0.1) is 0 Å². The van der Waals surface area contributed by atoms with E-state index in [0.717, 1.165) is 16.8 Å². The molecule has 21 heavy (non-hydrogen) atoms. The van der Waals surface area contributed by atoms with Crippen LogP contribution in [0.25, 0.3) is 11.3 Å². The molecule has 0 unspecified atom stereocenters.